The third-order valence-electron chi connectivity index (χ3n) is 0.964. The van der Waals surface area contributed by atoms with Crippen molar-refractivity contribution in [3.63, 3.8) is 0 Å². The molecule has 0 unspecified atom stereocenters. The predicted octanol–water partition coefficient (Wildman–Crippen LogP) is 2.83. The van der Waals surface area contributed by atoms with E-state index in [-0.39, 0.29) is 0 Å². The molecule has 0 bridgehead atoms. The van der Waals surface area contributed by atoms with Crippen LogP contribution in [0, 0.1) is 0 Å². The average molecular weight is 169 g/mol. The summed E-state index contributed by atoms with van der Waals surface area (Å²) < 4.78 is 0. The molecule has 0 rings (SSSR count). The van der Waals surface area contributed by atoms with E-state index in [4.69, 9.17) is 0 Å². The molecule has 0 aromatic rings. The van der Waals surface area contributed by atoms with Crippen molar-refractivity contribution in [2.45, 2.75) is 13.8 Å². The van der Waals surface area contributed by atoms with Gasteiger partial charge < -0.3 is 4.90 Å². The average Bonchev–Trinajstić information content (AvgIpc) is 1.87. The van der Waals surface area contributed by atoms with E-state index in [9.17, 15) is 0 Å². The lowest BCUT2D eigenvalue weighted by Gasteiger charge is -2.11. The van der Waals surface area contributed by atoms with Gasteiger partial charge in [-0.1, -0.05) is 29.6 Å². The molecule has 0 saturated carbocycles. The van der Waals surface area contributed by atoms with E-state index in [1.807, 2.05) is 19.0 Å². The number of thioether (sulfide) groups is 1. The second-order valence-electron chi connectivity index (χ2n) is 2.69. The van der Waals surface area contributed by atoms with Gasteiger partial charge in [-0.3, -0.25) is 0 Å². The van der Waals surface area contributed by atoms with Gasteiger partial charge in [0.25, 0.3) is 0 Å². The summed E-state index contributed by atoms with van der Waals surface area (Å²) in [4.78, 5) is 2.00. The van der Waals surface area contributed by atoms with E-state index in [0.717, 1.165) is 5.03 Å². The molecular weight excluding hydrogens is 154 g/mol. The highest BCUT2D eigenvalue weighted by Gasteiger charge is 1.94. The van der Waals surface area contributed by atoms with Crippen LogP contribution in [-0.2, 0) is 0 Å². The molecule has 0 amide bonds. The van der Waals surface area contributed by atoms with Crippen LogP contribution in [0.2, 0.25) is 0 Å². The van der Waals surface area contributed by atoms with Gasteiger partial charge in [0.2, 0.25) is 0 Å². The fourth-order valence-electron chi connectivity index (χ4n) is 0.479. The maximum Gasteiger partial charge on any atom is 0.118 e. The Morgan fingerprint density at radius 2 is 2.00 bits per heavy atom. The van der Waals surface area contributed by atoms with Crippen molar-refractivity contribution < 1.29 is 0 Å². The Kier molecular flexibility index (Phi) is 4.84. The van der Waals surface area contributed by atoms with Crippen molar-refractivity contribution in [1.29, 1.82) is 0 Å². The molecule has 62 valence electrons. The Morgan fingerprint density at radius 3 is 2.27 bits per heavy atom. The van der Waals surface area contributed by atoms with Crippen molar-refractivity contribution in [3.8, 4) is 0 Å². The van der Waals surface area contributed by atoms with Gasteiger partial charge in [-0.15, -0.1) is 0 Å². The molecule has 0 aliphatic heterocycles. The number of hydrogen-bond acceptors (Lipinski definition) is 2. The largest absolute Gasteiger partial charge is 0.366 e. The Bertz CT molecular complexity index is 194. The van der Waals surface area contributed by atoms with Crippen LogP contribution >= 0.6 is 11.8 Å². The Hall–Kier alpha value is -0.590. The van der Waals surface area contributed by atoms with Gasteiger partial charge in [-0.05, 0) is 19.3 Å². The van der Waals surface area contributed by atoms with Crippen molar-refractivity contribution in [1.82, 2.24) is 4.90 Å². The first-order valence-corrected chi connectivity index (χ1v) is 4.33. The van der Waals surface area contributed by atoms with Gasteiger partial charge in [0.1, 0.15) is 5.03 Å². The standard InChI is InChI=1S/C9H15NS/c1-6-9(10(4)5)11-7-8(2)3/h7H,1H2,2-5H3. The van der Waals surface area contributed by atoms with Gasteiger partial charge >= 0.3 is 0 Å². The minimum Gasteiger partial charge on any atom is -0.366 e. The third kappa shape index (κ3) is 4.77. The van der Waals surface area contributed by atoms with Gasteiger partial charge in [-0.2, -0.15) is 0 Å². The van der Waals surface area contributed by atoms with Gasteiger partial charge in [0, 0.05) is 14.1 Å². The summed E-state index contributed by atoms with van der Waals surface area (Å²) in [6, 6.07) is 0. The second kappa shape index (κ2) is 5.11. The van der Waals surface area contributed by atoms with Crippen LogP contribution in [0.15, 0.2) is 28.3 Å². The minimum absolute atomic E-state index is 1.05. The summed E-state index contributed by atoms with van der Waals surface area (Å²) in [5.41, 5.74) is 4.16. The topological polar surface area (TPSA) is 3.24 Å². The predicted molar refractivity (Wildman–Crippen MR) is 53.4 cm³/mol. The summed E-state index contributed by atoms with van der Waals surface area (Å²) in [5.74, 6) is 0. The Labute approximate surface area is 73.5 Å². The summed E-state index contributed by atoms with van der Waals surface area (Å²) in [5, 5.41) is 3.14. The fourth-order valence-corrected chi connectivity index (χ4v) is 1.12. The first kappa shape index (κ1) is 10.4. The van der Waals surface area contributed by atoms with Crippen LogP contribution in [0.5, 0.6) is 0 Å². The zero-order chi connectivity index (χ0) is 8.85. The highest BCUT2D eigenvalue weighted by molar-refractivity contribution is 8.05. The Morgan fingerprint density at radius 1 is 1.45 bits per heavy atom. The highest BCUT2D eigenvalue weighted by atomic mass is 32.2. The number of hydrogen-bond donors (Lipinski definition) is 0. The summed E-state index contributed by atoms with van der Waals surface area (Å²) in [6.45, 7) is 7.75. The lowest BCUT2D eigenvalue weighted by Crippen LogP contribution is -2.06. The molecule has 0 aromatic carbocycles. The second-order valence-corrected chi connectivity index (χ2v) is 3.55. The number of nitrogens with zero attached hydrogens (tertiary/aromatic N) is 1. The summed E-state index contributed by atoms with van der Waals surface area (Å²) in [6.07, 6.45) is 0. The van der Waals surface area contributed by atoms with Crippen molar-refractivity contribution in [3.05, 3.63) is 28.3 Å². The number of rotatable bonds is 3. The molecule has 2 heteroatoms. The molecule has 0 radical (unpaired) electrons. The quantitative estimate of drug-likeness (QED) is 0.598. The third-order valence-corrected chi connectivity index (χ3v) is 2.29. The van der Waals surface area contributed by atoms with Crippen molar-refractivity contribution >= 4 is 11.8 Å². The zero-order valence-electron chi connectivity index (χ0n) is 7.64. The SMILES string of the molecule is C=C=C(SC=C(C)C)N(C)C. The molecule has 0 aliphatic rings. The molecule has 0 saturated heterocycles. The van der Waals surface area contributed by atoms with E-state index in [1.165, 1.54) is 5.57 Å². The normalized spacial score (nSPS) is 8.36. The molecule has 0 N–H and O–H groups in total. The van der Waals surface area contributed by atoms with E-state index in [2.05, 4.69) is 31.6 Å². The molecule has 0 atom stereocenters. The monoisotopic (exact) mass is 169 g/mol. The molecule has 0 aromatic heterocycles. The van der Waals surface area contributed by atoms with Gasteiger partial charge in [0.05, 0.1) is 0 Å². The zero-order valence-corrected chi connectivity index (χ0v) is 8.46. The van der Waals surface area contributed by atoms with Crippen LogP contribution in [0.3, 0.4) is 0 Å². The summed E-state index contributed by atoms with van der Waals surface area (Å²) >= 11 is 1.64. The number of allylic oxidation sites excluding steroid dienone is 1. The molecular formula is C9H15NS. The molecule has 0 aliphatic carbocycles. The molecule has 0 fully saturated rings. The smallest absolute Gasteiger partial charge is 0.118 e. The van der Waals surface area contributed by atoms with Crippen LogP contribution in [0.25, 0.3) is 0 Å². The van der Waals surface area contributed by atoms with Crippen LogP contribution in [0.4, 0.5) is 0 Å². The van der Waals surface area contributed by atoms with E-state index >= 15 is 0 Å². The lowest BCUT2D eigenvalue weighted by molar-refractivity contribution is 0.552. The van der Waals surface area contributed by atoms with E-state index < -0.39 is 0 Å². The van der Waals surface area contributed by atoms with E-state index in [1.54, 1.807) is 11.8 Å². The highest BCUT2D eigenvalue weighted by Crippen LogP contribution is 2.18. The first-order chi connectivity index (χ1) is 5.07. The molecule has 0 spiro atoms. The minimum atomic E-state index is 1.05. The summed E-state index contributed by atoms with van der Waals surface area (Å²) in [7, 11) is 3.97. The lowest BCUT2D eigenvalue weighted by atomic mass is 10.4. The van der Waals surface area contributed by atoms with Crippen molar-refractivity contribution in [2.75, 3.05) is 14.1 Å². The molecule has 0 heterocycles. The fraction of sp³-hybridized carbons (Fsp3) is 0.444. The molecule has 1 nitrogen and oxygen atoms in total. The van der Waals surface area contributed by atoms with Crippen LogP contribution < -0.4 is 0 Å². The van der Waals surface area contributed by atoms with E-state index in [0.29, 0.717) is 0 Å². The maximum atomic E-state index is 3.61. The maximum absolute atomic E-state index is 3.61. The van der Waals surface area contributed by atoms with Gasteiger partial charge in [-0.25, -0.2) is 0 Å². The van der Waals surface area contributed by atoms with Crippen LogP contribution in [0.1, 0.15) is 13.8 Å². The van der Waals surface area contributed by atoms with Gasteiger partial charge in [0.15, 0.2) is 0 Å². The first-order valence-electron chi connectivity index (χ1n) is 3.45. The van der Waals surface area contributed by atoms with Crippen LogP contribution in [-0.4, -0.2) is 19.0 Å². The van der Waals surface area contributed by atoms with Crippen molar-refractivity contribution in [2.24, 2.45) is 0 Å². The Balaban J connectivity index is 4.13. The molecule has 11 heavy (non-hydrogen) atoms.